The molecule has 1 aromatic heterocycles. The largest absolute Gasteiger partial charge is 0.468 e. The normalized spacial score (nSPS) is 28.2. The number of aromatic nitrogens is 1. The van der Waals surface area contributed by atoms with Gasteiger partial charge in [0, 0.05) is 24.4 Å². The van der Waals surface area contributed by atoms with Gasteiger partial charge >= 0.3 is 5.92 Å². The summed E-state index contributed by atoms with van der Waals surface area (Å²) in [5.74, 6) is -3.38. The number of hydrogen-bond acceptors (Lipinski definition) is 7. The molecule has 1 heterocycles. The Balaban J connectivity index is 1.45. The molecule has 0 radical (unpaired) electrons. The van der Waals surface area contributed by atoms with Crippen LogP contribution in [0.15, 0.2) is 9.42 Å². The highest BCUT2D eigenvalue weighted by atomic mass is 32.2. The zero-order valence-electron chi connectivity index (χ0n) is 18.9. The summed E-state index contributed by atoms with van der Waals surface area (Å²) in [7, 11) is 0. The molecule has 4 aliphatic carbocycles. The first-order chi connectivity index (χ1) is 15.7. The number of nitrogens with zero attached hydrogens (tertiary/aromatic N) is 1. The van der Waals surface area contributed by atoms with Gasteiger partial charge in [0.25, 0.3) is 17.7 Å². The molecule has 4 bridgehead atoms. The van der Waals surface area contributed by atoms with Crippen molar-refractivity contribution in [3.05, 3.63) is 5.76 Å². The standard InChI is InChI=1S/C22H32F2N4O4S/c1-11(2)33-18-17(32-28-20(18)31-10-22(23,24)21(30)26-4-3-25)19(29)27-16-14-6-12-5-13(8-14)9-15(16)7-12/h11-16H,3-10,25H2,1-2H3,(H,26,30)(H,27,29). The molecule has 0 aromatic carbocycles. The van der Waals surface area contributed by atoms with Crippen molar-refractivity contribution in [2.45, 2.75) is 68.1 Å². The van der Waals surface area contributed by atoms with Gasteiger partial charge in [0.15, 0.2) is 6.61 Å². The lowest BCUT2D eigenvalue weighted by Gasteiger charge is -2.54. The maximum atomic E-state index is 14.1. The summed E-state index contributed by atoms with van der Waals surface area (Å²) in [6.45, 7) is 2.55. The molecular formula is C22H32F2N4O4S. The summed E-state index contributed by atoms with van der Waals surface area (Å²) in [5, 5.41) is 8.95. The highest BCUT2D eigenvalue weighted by Crippen LogP contribution is 2.53. The molecule has 0 spiro atoms. The number of nitrogens with two attached hydrogens (primary N) is 1. The molecular weight excluding hydrogens is 454 g/mol. The molecule has 2 amide bonds. The predicted octanol–water partition coefficient (Wildman–Crippen LogP) is 2.82. The molecule has 4 fully saturated rings. The minimum Gasteiger partial charge on any atom is -0.468 e. The van der Waals surface area contributed by atoms with Crippen molar-refractivity contribution in [2.75, 3.05) is 19.7 Å². The molecule has 4 saturated carbocycles. The van der Waals surface area contributed by atoms with Gasteiger partial charge in [0.05, 0.1) is 0 Å². The summed E-state index contributed by atoms with van der Waals surface area (Å²) >= 11 is 1.25. The van der Waals surface area contributed by atoms with Crippen molar-refractivity contribution in [1.29, 1.82) is 0 Å². The van der Waals surface area contributed by atoms with Crippen LogP contribution in [-0.4, -0.2) is 53.9 Å². The van der Waals surface area contributed by atoms with Gasteiger partial charge in [-0.1, -0.05) is 13.8 Å². The second-order valence-electron chi connectivity index (χ2n) is 9.78. The van der Waals surface area contributed by atoms with Crippen LogP contribution >= 0.6 is 11.8 Å². The zero-order chi connectivity index (χ0) is 23.8. The Morgan fingerprint density at radius 2 is 1.85 bits per heavy atom. The average Bonchev–Trinajstić information content (AvgIpc) is 3.14. The maximum absolute atomic E-state index is 14.1. The van der Waals surface area contributed by atoms with E-state index in [-0.39, 0.29) is 40.9 Å². The summed E-state index contributed by atoms with van der Waals surface area (Å²) < 4.78 is 38.7. The second-order valence-corrected chi connectivity index (χ2v) is 11.4. The zero-order valence-corrected chi connectivity index (χ0v) is 19.8. The van der Waals surface area contributed by atoms with Crippen LogP contribution in [0.2, 0.25) is 0 Å². The predicted molar refractivity (Wildman–Crippen MR) is 118 cm³/mol. The number of carbonyl (C=O) groups excluding carboxylic acids is 2. The van der Waals surface area contributed by atoms with E-state index in [1.54, 1.807) is 0 Å². The Morgan fingerprint density at radius 1 is 1.21 bits per heavy atom. The Labute approximate surface area is 196 Å². The Hall–Kier alpha value is -1.88. The van der Waals surface area contributed by atoms with E-state index >= 15 is 0 Å². The molecule has 8 nitrogen and oxygen atoms in total. The van der Waals surface area contributed by atoms with Crippen LogP contribution in [0.25, 0.3) is 0 Å². The molecule has 5 rings (SSSR count). The van der Waals surface area contributed by atoms with Crippen LogP contribution in [0.5, 0.6) is 5.88 Å². The van der Waals surface area contributed by atoms with Crippen molar-refractivity contribution in [1.82, 2.24) is 15.8 Å². The van der Waals surface area contributed by atoms with E-state index in [0.717, 1.165) is 37.5 Å². The topological polar surface area (TPSA) is 119 Å². The first-order valence-corrected chi connectivity index (χ1v) is 12.5. The number of thioether (sulfide) groups is 1. The lowest BCUT2D eigenvalue weighted by molar-refractivity contribution is -0.149. The molecule has 33 heavy (non-hydrogen) atoms. The molecule has 1 aromatic rings. The van der Waals surface area contributed by atoms with Crippen molar-refractivity contribution in [2.24, 2.45) is 29.4 Å². The number of nitrogens with one attached hydrogen (secondary N) is 2. The van der Waals surface area contributed by atoms with E-state index in [1.807, 2.05) is 19.2 Å². The van der Waals surface area contributed by atoms with Crippen molar-refractivity contribution < 1.29 is 27.6 Å². The van der Waals surface area contributed by atoms with Crippen LogP contribution in [0.3, 0.4) is 0 Å². The number of carbonyl (C=O) groups is 2. The minimum absolute atomic E-state index is 0.0211. The smallest absolute Gasteiger partial charge is 0.357 e. The Bertz CT molecular complexity index is 851. The second kappa shape index (κ2) is 9.77. The third kappa shape index (κ3) is 5.29. The van der Waals surface area contributed by atoms with Crippen LogP contribution in [0.4, 0.5) is 8.78 Å². The lowest BCUT2D eigenvalue weighted by Crippen LogP contribution is -2.55. The fourth-order valence-electron chi connectivity index (χ4n) is 5.76. The van der Waals surface area contributed by atoms with Crippen molar-refractivity contribution in [3.63, 3.8) is 0 Å². The third-order valence-corrected chi connectivity index (χ3v) is 7.92. The molecule has 4 aliphatic rings. The minimum atomic E-state index is -3.78. The maximum Gasteiger partial charge on any atom is 0.357 e. The molecule has 0 unspecified atom stereocenters. The van der Waals surface area contributed by atoms with E-state index in [1.165, 1.54) is 18.2 Å². The number of rotatable bonds is 10. The van der Waals surface area contributed by atoms with Gasteiger partial charge in [0.2, 0.25) is 5.76 Å². The van der Waals surface area contributed by atoms with Gasteiger partial charge in [-0.05, 0) is 60.9 Å². The summed E-state index contributed by atoms with van der Waals surface area (Å²) in [4.78, 5) is 25.1. The van der Waals surface area contributed by atoms with Crippen LogP contribution in [-0.2, 0) is 4.79 Å². The Kier molecular flexibility index (Phi) is 7.18. The van der Waals surface area contributed by atoms with Crippen LogP contribution in [0, 0.1) is 23.7 Å². The first-order valence-electron chi connectivity index (χ1n) is 11.6. The van der Waals surface area contributed by atoms with Crippen LogP contribution < -0.4 is 21.1 Å². The SMILES string of the molecule is CC(C)Sc1c(OCC(F)(F)C(=O)NCCN)noc1C(=O)NC1C2CC3CC(C2)CC1C3. The number of alkyl halides is 2. The summed E-state index contributed by atoms with van der Waals surface area (Å²) in [5.41, 5.74) is 5.23. The van der Waals surface area contributed by atoms with E-state index in [4.69, 9.17) is 15.0 Å². The molecule has 0 saturated heterocycles. The Morgan fingerprint density at radius 3 is 2.42 bits per heavy atom. The van der Waals surface area contributed by atoms with Crippen molar-refractivity contribution >= 4 is 23.6 Å². The number of ether oxygens (including phenoxy) is 1. The monoisotopic (exact) mass is 486 g/mol. The fourth-order valence-corrected chi connectivity index (χ4v) is 6.67. The van der Waals surface area contributed by atoms with Gasteiger partial charge in [-0.25, -0.2) is 0 Å². The first kappa shape index (κ1) is 24.3. The van der Waals surface area contributed by atoms with Gasteiger partial charge in [-0.3, -0.25) is 9.59 Å². The molecule has 0 atom stereocenters. The summed E-state index contributed by atoms with van der Waals surface area (Å²) in [6, 6.07) is 0.104. The third-order valence-electron chi connectivity index (χ3n) is 6.86. The number of halogens is 2. The molecule has 11 heteroatoms. The van der Waals surface area contributed by atoms with E-state index in [2.05, 4.69) is 10.5 Å². The summed E-state index contributed by atoms with van der Waals surface area (Å²) in [6.07, 6.45) is 5.92. The van der Waals surface area contributed by atoms with Gasteiger partial charge in [-0.15, -0.1) is 11.8 Å². The van der Waals surface area contributed by atoms with Gasteiger partial charge < -0.3 is 25.6 Å². The average molecular weight is 487 g/mol. The van der Waals surface area contributed by atoms with Crippen molar-refractivity contribution in [3.8, 4) is 5.88 Å². The van der Waals surface area contributed by atoms with Crippen LogP contribution in [0.1, 0.15) is 56.5 Å². The lowest BCUT2D eigenvalue weighted by atomic mass is 9.54. The van der Waals surface area contributed by atoms with E-state index in [0.29, 0.717) is 11.8 Å². The molecule has 0 aliphatic heterocycles. The van der Waals surface area contributed by atoms with E-state index < -0.39 is 24.3 Å². The molecule has 184 valence electrons. The number of amides is 2. The molecule has 4 N–H and O–H groups in total. The number of hydrogen-bond donors (Lipinski definition) is 3. The van der Waals surface area contributed by atoms with Gasteiger partial charge in [0.1, 0.15) is 4.90 Å². The quantitative estimate of drug-likeness (QED) is 0.435. The highest BCUT2D eigenvalue weighted by molar-refractivity contribution is 8.00. The van der Waals surface area contributed by atoms with Gasteiger partial charge in [-0.2, -0.15) is 8.78 Å². The fraction of sp³-hybridized carbons (Fsp3) is 0.773. The van der Waals surface area contributed by atoms with E-state index in [9.17, 15) is 18.4 Å². The highest BCUT2D eigenvalue weighted by Gasteiger charge is 2.49.